The van der Waals surface area contributed by atoms with E-state index in [0.717, 1.165) is 40.4 Å². The predicted molar refractivity (Wildman–Crippen MR) is 120 cm³/mol. The summed E-state index contributed by atoms with van der Waals surface area (Å²) in [6.45, 7) is 4.79. The molecular weight excluding hydrogens is 414 g/mol. The summed E-state index contributed by atoms with van der Waals surface area (Å²) in [6, 6.07) is 7.05. The smallest absolute Gasteiger partial charge is 0.319 e. The lowest BCUT2D eigenvalue weighted by molar-refractivity contribution is 0.208. The van der Waals surface area contributed by atoms with Crippen LogP contribution in [0.15, 0.2) is 43.0 Å². The number of unbranched alkanes of at least 4 members (excludes halogenated alkanes) is 1. The number of carbonyl (C=O) groups is 1. The van der Waals surface area contributed by atoms with E-state index in [-0.39, 0.29) is 6.03 Å². The number of hydrogen-bond donors (Lipinski definition) is 3. The molecule has 9 nitrogen and oxygen atoms in total. The van der Waals surface area contributed by atoms with Crippen LogP contribution in [0.5, 0.6) is 0 Å². The molecule has 31 heavy (non-hydrogen) atoms. The number of aliphatic hydroxyl groups excluding tert-OH is 1. The number of nitrogens with zero attached hydrogens (tertiary/aromatic N) is 5. The van der Waals surface area contributed by atoms with Gasteiger partial charge >= 0.3 is 6.03 Å². The van der Waals surface area contributed by atoms with E-state index in [9.17, 15) is 9.90 Å². The third-order valence-corrected chi connectivity index (χ3v) is 6.21. The minimum atomic E-state index is -0.903. The first kappa shape index (κ1) is 21.0. The molecule has 4 aromatic rings. The lowest BCUT2D eigenvalue weighted by atomic mass is 10.1. The molecule has 0 saturated carbocycles. The first-order chi connectivity index (χ1) is 15.1. The number of aromatic nitrogens is 5. The lowest BCUT2D eigenvalue weighted by Crippen LogP contribution is -2.29. The Bertz CT molecular complexity index is 1160. The van der Waals surface area contributed by atoms with Gasteiger partial charge in [0.05, 0.1) is 23.8 Å². The normalized spacial score (nSPS) is 12.2. The summed E-state index contributed by atoms with van der Waals surface area (Å²) < 4.78 is 3.51. The lowest BCUT2D eigenvalue weighted by Gasteiger charge is -2.09. The summed E-state index contributed by atoms with van der Waals surface area (Å²) >= 11 is 1.61. The molecule has 0 bridgehead atoms. The van der Waals surface area contributed by atoms with Crippen molar-refractivity contribution in [1.82, 2.24) is 29.7 Å². The zero-order valence-corrected chi connectivity index (χ0v) is 18.3. The van der Waals surface area contributed by atoms with Crippen LogP contribution in [0.2, 0.25) is 0 Å². The number of imidazole rings is 1. The Morgan fingerprint density at radius 3 is 2.81 bits per heavy atom. The van der Waals surface area contributed by atoms with Gasteiger partial charge in [-0.2, -0.15) is 0 Å². The van der Waals surface area contributed by atoms with E-state index in [2.05, 4.69) is 39.8 Å². The molecule has 4 rings (SSSR count). The minimum Gasteiger partial charge on any atom is -0.380 e. The molecule has 10 heteroatoms. The largest absolute Gasteiger partial charge is 0.380 e. The van der Waals surface area contributed by atoms with Gasteiger partial charge in [0.15, 0.2) is 0 Å². The second-order valence-corrected chi connectivity index (χ2v) is 8.25. The summed E-state index contributed by atoms with van der Waals surface area (Å²) in [4.78, 5) is 18.1. The molecule has 0 saturated heterocycles. The number of carbonyl (C=O) groups excluding carboxylic acids is 1. The molecular formula is C21H25N7O2S. The van der Waals surface area contributed by atoms with Crippen LogP contribution in [0.1, 0.15) is 49.1 Å². The minimum absolute atomic E-state index is 0.222. The highest BCUT2D eigenvalue weighted by molar-refractivity contribution is 7.17. The Hall–Kier alpha value is -3.24. The van der Waals surface area contributed by atoms with Gasteiger partial charge < -0.3 is 15.7 Å². The number of aliphatic hydroxyl groups is 1. The van der Waals surface area contributed by atoms with Gasteiger partial charge in [-0.3, -0.25) is 4.40 Å². The molecule has 3 N–H and O–H groups in total. The van der Waals surface area contributed by atoms with Crippen molar-refractivity contribution in [3.63, 3.8) is 0 Å². The average molecular weight is 440 g/mol. The number of aryl methyl sites for hydroxylation is 1. The van der Waals surface area contributed by atoms with Gasteiger partial charge in [-0.05, 0) is 37.1 Å². The molecule has 3 aromatic heterocycles. The molecule has 3 heterocycles. The van der Waals surface area contributed by atoms with E-state index >= 15 is 0 Å². The van der Waals surface area contributed by atoms with Gasteiger partial charge in [-0.25, -0.2) is 14.5 Å². The molecule has 1 unspecified atom stereocenters. The van der Waals surface area contributed by atoms with Crippen molar-refractivity contribution in [3.8, 4) is 5.69 Å². The van der Waals surface area contributed by atoms with Crippen molar-refractivity contribution >= 4 is 27.9 Å². The highest BCUT2D eigenvalue weighted by atomic mass is 32.1. The van der Waals surface area contributed by atoms with Crippen LogP contribution < -0.4 is 10.6 Å². The summed E-state index contributed by atoms with van der Waals surface area (Å²) in [6.07, 6.45) is 7.10. The number of urea groups is 1. The highest BCUT2D eigenvalue weighted by Gasteiger charge is 2.23. The highest BCUT2D eigenvalue weighted by Crippen LogP contribution is 2.31. The predicted octanol–water partition coefficient (Wildman–Crippen LogP) is 3.54. The first-order valence-corrected chi connectivity index (χ1v) is 11.1. The van der Waals surface area contributed by atoms with Crippen LogP contribution in [0.4, 0.5) is 10.5 Å². The molecule has 0 aliphatic carbocycles. The monoisotopic (exact) mass is 439 g/mol. The van der Waals surface area contributed by atoms with Crippen molar-refractivity contribution in [2.75, 3.05) is 11.9 Å². The maximum absolute atomic E-state index is 11.9. The number of amides is 2. The summed E-state index contributed by atoms with van der Waals surface area (Å²) in [5.74, 6) is 0. The van der Waals surface area contributed by atoms with Crippen LogP contribution in [0.25, 0.3) is 10.5 Å². The van der Waals surface area contributed by atoms with Crippen LogP contribution >= 0.6 is 11.3 Å². The Morgan fingerprint density at radius 1 is 1.26 bits per heavy atom. The molecule has 0 spiro atoms. The second kappa shape index (κ2) is 9.27. The van der Waals surface area contributed by atoms with Crippen molar-refractivity contribution in [1.29, 1.82) is 0 Å². The number of fused-ring (bicyclic) bond motifs is 1. The fourth-order valence-corrected chi connectivity index (χ4v) is 4.38. The number of nitrogens with one attached hydrogen (secondary N) is 2. The van der Waals surface area contributed by atoms with Crippen molar-refractivity contribution in [3.05, 3.63) is 59.3 Å². The molecule has 2 amide bonds. The third-order valence-electron chi connectivity index (χ3n) is 4.95. The van der Waals surface area contributed by atoms with Crippen molar-refractivity contribution < 1.29 is 9.90 Å². The van der Waals surface area contributed by atoms with E-state index < -0.39 is 6.10 Å². The third kappa shape index (κ3) is 4.44. The fraction of sp³-hybridized carbons (Fsp3) is 0.333. The zero-order chi connectivity index (χ0) is 21.8. The van der Waals surface area contributed by atoms with E-state index in [1.54, 1.807) is 46.9 Å². The summed E-state index contributed by atoms with van der Waals surface area (Å²) in [5.41, 5.74) is 2.70. The summed E-state index contributed by atoms with van der Waals surface area (Å²) in [5, 5.41) is 25.0. The van der Waals surface area contributed by atoms with Crippen LogP contribution in [-0.2, 0) is 6.42 Å². The Morgan fingerprint density at radius 2 is 2.06 bits per heavy atom. The van der Waals surface area contributed by atoms with E-state index in [1.165, 1.54) is 0 Å². The average Bonchev–Trinajstić information content (AvgIpc) is 3.50. The topological polar surface area (TPSA) is 109 Å². The van der Waals surface area contributed by atoms with Crippen molar-refractivity contribution in [2.45, 2.75) is 39.2 Å². The molecule has 0 fully saturated rings. The van der Waals surface area contributed by atoms with E-state index in [0.29, 0.717) is 17.9 Å². The molecule has 0 aliphatic heterocycles. The molecule has 162 valence electrons. The van der Waals surface area contributed by atoms with Crippen LogP contribution in [-0.4, -0.2) is 42.1 Å². The first-order valence-electron chi connectivity index (χ1n) is 10.3. The number of hydrogen-bond acceptors (Lipinski definition) is 6. The van der Waals surface area contributed by atoms with E-state index in [1.807, 2.05) is 16.5 Å². The maximum Gasteiger partial charge on any atom is 0.319 e. The Balaban J connectivity index is 1.48. The van der Waals surface area contributed by atoms with Gasteiger partial charge in [-0.15, -0.1) is 16.4 Å². The Labute approximate surface area is 183 Å². The quantitative estimate of drug-likeness (QED) is 0.364. The second-order valence-electron chi connectivity index (χ2n) is 7.14. The van der Waals surface area contributed by atoms with Gasteiger partial charge in [0.1, 0.15) is 23.0 Å². The van der Waals surface area contributed by atoms with Crippen molar-refractivity contribution in [2.24, 2.45) is 0 Å². The molecule has 1 aromatic carbocycles. The zero-order valence-electron chi connectivity index (χ0n) is 17.4. The number of thiazole rings is 1. The number of rotatable bonds is 8. The van der Waals surface area contributed by atoms with Crippen LogP contribution in [0.3, 0.4) is 0 Å². The maximum atomic E-state index is 11.9. The summed E-state index contributed by atoms with van der Waals surface area (Å²) in [7, 11) is 0. The van der Waals surface area contributed by atoms with E-state index in [4.69, 9.17) is 0 Å². The number of benzene rings is 1. The molecule has 1 atom stereocenters. The fourth-order valence-electron chi connectivity index (χ4n) is 3.31. The number of anilines is 1. The van der Waals surface area contributed by atoms with Crippen LogP contribution in [0, 0.1) is 0 Å². The van der Waals surface area contributed by atoms with Gasteiger partial charge in [0, 0.05) is 17.1 Å². The molecule has 0 radical (unpaired) electrons. The Kier molecular flexibility index (Phi) is 6.28. The van der Waals surface area contributed by atoms with Gasteiger partial charge in [-0.1, -0.05) is 25.5 Å². The SMILES string of the molecule is CCCCNC(=O)Nc1ccc(-n2cc(C(O)c3c(CC)sc4cncn34)nn2)cc1. The standard InChI is InChI=1S/C21H25N7O2S/c1-3-5-10-23-21(30)24-14-6-8-15(9-7-14)28-12-16(25-26-28)20(29)19-17(4-2)31-18-11-22-13-27(18)19/h6-9,11-13,20,29H,3-5,10H2,1-2H3,(H2,23,24,30). The van der Waals surface area contributed by atoms with Gasteiger partial charge in [0.2, 0.25) is 0 Å². The molecule has 0 aliphatic rings. The van der Waals surface area contributed by atoms with Gasteiger partial charge in [0.25, 0.3) is 0 Å².